The molecule has 0 radical (unpaired) electrons. The number of hydrogen-bond acceptors (Lipinski definition) is 6. The third-order valence-electron chi connectivity index (χ3n) is 4.98. The van der Waals surface area contributed by atoms with E-state index in [1.165, 1.54) is 0 Å². The highest BCUT2D eigenvalue weighted by molar-refractivity contribution is 6.03. The Hall–Kier alpha value is -3.48. The summed E-state index contributed by atoms with van der Waals surface area (Å²) < 4.78 is 6.01. The van der Waals surface area contributed by atoms with Crippen molar-refractivity contribution in [1.29, 1.82) is 0 Å². The van der Waals surface area contributed by atoms with Crippen molar-refractivity contribution in [2.75, 3.05) is 17.7 Å². The number of fused-ring (bicyclic) bond motifs is 2. The largest absolute Gasteiger partial charge is 0.436 e. The highest BCUT2D eigenvalue weighted by Gasteiger charge is 2.30. The molecule has 1 aliphatic carbocycles. The molecule has 0 aliphatic heterocycles. The second-order valence-electron chi connectivity index (χ2n) is 7.14. The summed E-state index contributed by atoms with van der Waals surface area (Å²) in [4.78, 5) is 25.6. The average molecular weight is 373 g/mol. The summed E-state index contributed by atoms with van der Waals surface area (Å²) in [5.41, 5.74) is 3.39. The number of aryl methyl sites for hydroxylation is 1. The standard InChI is InChI=1S/C21H19N5O2/c1-11-3-6-16-17(7-11)28-21(25-16)15-10-24-19(22-2)14-9-23-18(8-13(14)15)26-20(27)12-4-5-12/h3,6-10,12H,4-5H2,1-2H3,(H,22,24)(H,23,26,27). The number of pyridine rings is 2. The Morgan fingerprint density at radius 3 is 2.79 bits per heavy atom. The summed E-state index contributed by atoms with van der Waals surface area (Å²) in [5.74, 6) is 1.85. The molecule has 3 heterocycles. The Morgan fingerprint density at radius 1 is 1.14 bits per heavy atom. The molecule has 140 valence electrons. The van der Waals surface area contributed by atoms with Crippen molar-refractivity contribution < 1.29 is 9.21 Å². The van der Waals surface area contributed by atoms with E-state index in [0.717, 1.165) is 45.8 Å². The molecule has 1 fully saturated rings. The van der Waals surface area contributed by atoms with Crippen LogP contribution in [0.25, 0.3) is 33.3 Å². The summed E-state index contributed by atoms with van der Waals surface area (Å²) in [5, 5.41) is 7.69. The van der Waals surface area contributed by atoms with Gasteiger partial charge in [-0.25, -0.2) is 15.0 Å². The lowest BCUT2D eigenvalue weighted by Gasteiger charge is -2.10. The molecule has 1 amide bonds. The summed E-state index contributed by atoms with van der Waals surface area (Å²) in [6.07, 6.45) is 5.34. The fourth-order valence-electron chi connectivity index (χ4n) is 3.29. The van der Waals surface area contributed by atoms with Crippen LogP contribution in [0.5, 0.6) is 0 Å². The number of carbonyl (C=O) groups excluding carboxylic acids is 1. The van der Waals surface area contributed by atoms with E-state index in [0.29, 0.717) is 17.5 Å². The first-order valence-corrected chi connectivity index (χ1v) is 9.27. The Labute approximate surface area is 161 Å². The number of rotatable bonds is 4. The van der Waals surface area contributed by atoms with E-state index in [4.69, 9.17) is 4.42 Å². The van der Waals surface area contributed by atoms with Crippen LogP contribution in [0.3, 0.4) is 0 Å². The maximum absolute atomic E-state index is 12.1. The molecule has 0 bridgehead atoms. The molecule has 1 saturated carbocycles. The predicted molar refractivity (Wildman–Crippen MR) is 108 cm³/mol. The van der Waals surface area contributed by atoms with Crippen molar-refractivity contribution in [3.63, 3.8) is 0 Å². The van der Waals surface area contributed by atoms with Gasteiger partial charge in [-0.15, -0.1) is 0 Å². The van der Waals surface area contributed by atoms with Gasteiger partial charge >= 0.3 is 0 Å². The molecule has 5 rings (SSSR count). The molecule has 7 heteroatoms. The van der Waals surface area contributed by atoms with E-state index >= 15 is 0 Å². The van der Waals surface area contributed by atoms with Gasteiger partial charge < -0.3 is 15.1 Å². The van der Waals surface area contributed by atoms with E-state index in [9.17, 15) is 4.79 Å². The lowest BCUT2D eigenvalue weighted by atomic mass is 10.1. The van der Waals surface area contributed by atoms with Gasteiger partial charge in [-0.3, -0.25) is 4.79 Å². The lowest BCUT2D eigenvalue weighted by Crippen LogP contribution is -2.14. The highest BCUT2D eigenvalue weighted by atomic mass is 16.3. The van der Waals surface area contributed by atoms with Crippen molar-refractivity contribution in [1.82, 2.24) is 15.0 Å². The number of carbonyl (C=O) groups is 1. The number of nitrogens with one attached hydrogen (secondary N) is 2. The predicted octanol–water partition coefficient (Wildman–Crippen LogP) is 4.14. The van der Waals surface area contributed by atoms with Crippen LogP contribution in [0.15, 0.2) is 41.1 Å². The Balaban J connectivity index is 1.66. The van der Waals surface area contributed by atoms with E-state index in [2.05, 4.69) is 25.6 Å². The fraction of sp³-hybridized carbons (Fsp3) is 0.238. The molecule has 1 aromatic carbocycles. The molecule has 1 aliphatic rings. The van der Waals surface area contributed by atoms with Gasteiger partial charge in [0.1, 0.15) is 17.2 Å². The van der Waals surface area contributed by atoms with Crippen LogP contribution < -0.4 is 10.6 Å². The number of hydrogen-bond donors (Lipinski definition) is 2. The molecule has 28 heavy (non-hydrogen) atoms. The van der Waals surface area contributed by atoms with Crippen molar-refractivity contribution >= 4 is 39.4 Å². The summed E-state index contributed by atoms with van der Waals surface area (Å²) in [7, 11) is 1.81. The van der Waals surface area contributed by atoms with Crippen LogP contribution in [-0.4, -0.2) is 27.9 Å². The zero-order valence-electron chi connectivity index (χ0n) is 15.6. The van der Waals surface area contributed by atoms with Crippen molar-refractivity contribution in [2.45, 2.75) is 19.8 Å². The molecular weight excluding hydrogens is 354 g/mol. The van der Waals surface area contributed by atoms with Gasteiger partial charge in [0.2, 0.25) is 11.8 Å². The van der Waals surface area contributed by atoms with E-state index in [1.54, 1.807) is 12.4 Å². The second kappa shape index (κ2) is 6.30. The van der Waals surface area contributed by atoms with Gasteiger partial charge in [0.15, 0.2) is 5.58 Å². The second-order valence-corrected chi connectivity index (χ2v) is 7.14. The summed E-state index contributed by atoms with van der Waals surface area (Å²) in [6.45, 7) is 2.01. The zero-order valence-corrected chi connectivity index (χ0v) is 15.6. The topological polar surface area (TPSA) is 92.9 Å². The minimum Gasteiger partial charge on any atom is -0.436 e. The van der Waals surface area contributed by atoms with E-state index in [-0.39, 0.29) is 11.8 Å². The van der Waals surface area contributed by atoms with Crippen LogP contribution in [-0.2, 0) is 4.79 Å². The number of anilines is 2. The molecule has 2 N–H and O–H groups in total. The van der Waals surface area contributed by atoms with Crippen molar-refractivity contribution in [2.24, 2.45) is 5.92 Å². The van der Waals surface area contributed by atoms with E-state index < -0.39 is 0 Å². The molecule has 4 aromatic rings. The van der Waals surface area contributed by atoms with Gasteiger partial charge in [0.25, 0.3) is 0 Å². The van der Waals surface area contributed by atoms with Crippen molar-refractivity contribution in [3.05, 3.63) is 42.2 Å². The van der Waals surface area contributed by atoms with Crippen LogP contribution in [0.1, 0.15) is 18.4 Å². The Kier molecular flexibility index (Phi) is 3.75. The summed E-state index contributed by atoms with van der Waals surface area (Å²) >= 11 is 0. The fourth-order valence-corrected chi connectivity index (χ4v) is 3.29. The van der Waals surface area contributed by atoms with Crippen LogP contribution in [0.4, 0.5) is 11.6 Å². The molecule has 3 aromatic heterocycles. The third-order valence-corrected chi connectivity index (χ3v) is 4.98. The van der Waals surface area contributed by atoms with Crippen molar-refractivity contribution in [3.8, 4) is 11.5 Å². The van der Waals surface area contributed by atoms with Crippen LogP contribution in [0, 0.1) is 12.8 Å². The monoisotopic (exact) mass is 373 g/mol. The SMILES string of the molecule is CNc1ncc(-c2nc3ccc(C)cc3o2)c2cc(NC(=O)C3CC3)ncc12. The van der Waals surface area contributed by atoms with Crippen LogP contribution in [0.2, 0.25) is 0 Å². The number of amides is 1. The summed E-state index contributed by atoms with van der Waals surface area (Å²) in [6, 6.07) is 7.77. The average Bonchev–Trinajstić information content (AvgIpc) is 3.47. The lowest BCUT2D eigenvalue weighted by molar-refractivity contribution is -0.117. The molecule has 0 saturated heterocycles. The minimum atomic E-state index is 0.0219. The molecule has 7 nitrogen and oxygen atoms in total. The minimum absolute atomic E-state index is 0.0219. The van der Waals surface area contributed by atoms with Gasteiger partial charge in [0.05, 0.1) is 5.56 Å². The maximum Gasteiger partial charge on any atom is 0.229 e. The van der Waals surface area contributed by atoms with Gasteiger partial charge in [-0.2, -0.15) is 0 Å². The molecular formula is C21H19N5O2. The molecule has 0 unspecified atom stereocenters. The highest BCUT2D eigenvalue weighted by Crippen LogP contribution is 2.35. The number of oxazole rings is 1. The molecule has 0 spiro atoms. The maximum atomic E-state index is 12.1. The van der Waals surface area contributed by atoms with E-state index in [1.807, 2.05) is 38.2 Å². The first-order valence-electron chi connectivity index (χ1n) is 9.27. The first-order chi connectivity index (χ1) is 13.6. The quantitative estimate of drug-likeness (QED) is 0.558. The van der Waals surface area contributed by atoms with Gasteiger partial charge in [-0.1, -0.05) is 6.07 Å². The van der Waals surface area contributed by atoms with Gasteiger partial charge in [0, 0.05) is 36.1 Å². The Morgan fingerprint density at radius 2 is 2.00 bits per heavy atom. The van der Waals surface area contributed by atoms with Gasteiger partial charge in [-0.05, 0) is 43.5 Å². The Bertz CT molecular complexity index is 1230. The smallest absolute Gasteiger partial charge is 0.229 e. The zero-order chi connectivity index (χ0) is 19.3. The molecule has 0 atom stereocenters. The van der Waals surface area contributed by atoms with Crippen LogP contribution >= 0.6 is 0 Å². The number of benzene rings is 1. The number of aromatic nitrogens is 3. The normalized spacial score (nSPS) is 13.8. The first kappa shape index (κ1) is 16.7. The third kappa shape index (κ3) is 2.85. The number of nitrogens with zero attached hydrogens (tertiary/aromatic N) is 3.